The lowest BCUT2D eigenvalue weighted by Crippen LogP contribution is -2.47. The second-order valence-electron chi connectivity index (χ2n) is 5.64. The molecule has 1 amide bonds. The maximum atomic E-state index is 12.4. The first kappa shape index (κ1) is 15.3. The second-order valence-corrected chi connectivity index (χ2v) is 6.07. The van der Waals surface area contributed by atoms with Gasteiger partial charge in [-0.15, -0.1) is 0 Å². The number of carbonyl (C=O) groups is 1. The predicted molar refractivity (Wildman–Crippen MR) is 81.1 cm³/mol. The van der Waals surface area contributed by atoms with Gasteiger partial charge in [-0.3, -0.25) is 9.78 Å². The Morgan fingerprint density at radius 1 is 1.45 bits per heavy atom. The van der Waals surface area contributed by atoms with E-state index in [1.165, 1.54) is 0 Å². The predicted octanol–water partition coefficient (Wildman–Crippen LogP) is 2.68. The van der Waals surface area contributed by atoms with E-state index in [9.17, 15) is 4.79 Å². The first-order valence-electron chi connectivity index (χ1n) is 7.12. The van der Waals surface area contributed by atoms with Crippen LogP contribution in [0.15, 0.2) is 18.3 Å². The average Bonchev–Trinajstić information content (AvgIpc) is 2.46. The molecule has 0 atom stereocenters. The van der Waals surface area contributed by atoms with Crippen LogP contribution in [0.3, 0.4) is 0 Å². The molecule has 0 saturated carbocycles. The van der Waals surface area contributed by atoms with E-state index in [1.54, 1.807) is 18.3 Å². The molecule has 1 aliphatic heterocycles. The zero-order valence-corrected chi connectivity index (χ0v) is 13.1. The van der Waals surface area contributed by atoms with Gasteiger partial charge in [-0.1, -0.05) is 11.6 Å². The van der Waals surface area contributed by atoms with Crippen molar-refractivity contribution in [3.05, 3.63) is 29.0 Å². The minimum Gasteiger partial charge on any atom is -0.337 e. The molecule has 0 spiro atoms. The molecule has 2 rings (SSSR count). The highest BCUT2D eigenvalue weighted by molar-refractivity contribution is 6.30. The van der Waals surface area contributed by atoms with Gasteiger partial charge in [-0.05, 0) is 38.8 Å². The molecule has 0 aliphatic carbocycles. The normalized spacial score (nSPS) is 17.4. The SMILES string of the molecule is CC(C)N1CCC(N(C)C(=O)c2cc(Cl)ccn2)CC1. The molecule has 0 bridgehead atoms. The van der Waals surface area contributed by atoms with Crippen molar-refractivity contribution in [2.45, 2.75) is 38.8 Å². The lowest BCUT2D eigenvalue weighted by molar-refractivity contribution is 0.0610. The molecule has 0 N–H and O–H groups in total. The van der Waals surface area contributed by atoms with Crippen molar-refractivity contribution >= 4 is 17.5 Å². The molecule has 4 nitrogen and oxygen atoms in total. The molecule has 1 saturated heterocycles. The van der Waals surface area contributed by atoms with Gasteiger partial charge in [-0.2, -0.15) is 0 Å². The highest BCUT2D eigenvalue weighted by Gasteiger charge is 2.27. The molecular weight excluding hydrogens is 274 g/mol. The number of aromatic nitrogens is 1. The fourth-order valence-corrected chi connectivity index (χ4v) is 2.82. The number of carbonyl (C=O) groups excluding carboxylic acids is 1. The third kappa shape index (κ3) is 3.49. The monoisotopic (exact) mass is 295 g/mol. The van der Waals surface area contributed by atoms with E-state index in [1.807, 2.05) is 11.9 Å². The van der Waals surface area contributed by atoms with Crippen molar-refractivity contribution in [3.8, 4) is 0 Å². The molecule has 1 fully saturated rings. The number of hydrogen-bond donors (Lipinski definition) is 0. The first-order chi connectivity index (χ1) is 9.49. The summed E-state index contributed by atoms with van der Waals surface area (Å²) in [7, 11) is 1.86. The van der Waals surface area contributed by atoms with Gasteiger partial charge >= 0.3 is 0 Å². The summed E-state index contributed by atoms with van der Waals surface area (Å²) in [5.41, 5.74) is 0.422. The summed E-state index contributed by atoms with van der Waals surface area (Å²) in [6.07, 6.45) is 3.60. The fourth-order valence-electron chi connectivity index (χ4n) is 2.66. The number of likely N-dealkylation sites (tertiary alicyclic amines) is 1. The summed E-state index contributed by atoms with van der Waals surface area (Å²) in [5.74, 6) is -0.0458. The third-order valence-corrected chi connectivity index (χ3v) is 4.27. The molecule has 110 valence electrons. The van der Waals surface area contributed by atoms with Gasteiger partial charge in [0.1, 0.15) is 5.69 Å². The standard InChI is InChI=1S/C15H22ClN3O/c1-11(2)19-8-5-13(6-9-19)18(3)15(20)14-10-12(16)4-7-17-14/h4,7,10-11,13H,5-6,8-9H2,1-3H3. The van der Waals surface area contributed by atoms with E-state index in [0.717, 1.165) is 25.9 Å². The summed E-state index contributed by atoms with van der Waals surface area (Å²) in [5, 5.41) is 0.548. The highest BCUT2D eigenvalue weighted by Crippen LogP contribution is 2.19. The Bertz CT molecular complexity index is 470. The maximum Gasteiger partial charge on any atom is 0.272 e. The van der Waals surface area contributed by atoms with Crippen LogP contribution in [0.25, 0.3) is 0 Å². The van der Waals surface area contributed by atoms with E-state index >= 15 is 0 Å². The molecule has 0 radical (unpaired) electrons. The average molecular weight is 296 g/mol. The van der Waals surface area contributed by atoms with Crippen LogP contribution >= 0.6 is 11.6 Å². The highest BCUT2D eigenvalue weighted by atomic mass is 35.5. The Balaban J connectivity index is 1.98. The van der Waals surface area contributed by atoms with Crippen molar-refractivity contribution < 1.29 is 4.79 Å². The van der Waals surface area contributed by atoms with Crippen molar-refractivity contribution in [3.63, 3.8) is 0 Å². The summed E-state index contributed by atoms with van der Waals surface area (Å²) in [4.78, 5) is 20.8. The summed E-state index contributed by atoms with van der Waals surface area (Å²) < 4.78 is 0. The molecule has 0 aromatic carbocycles. The molecule has 5 heteroatoms. The molecular formula is C15H22ClN3O. The van der Waals surface area contributed by atoms with E-state index in [2.05, 4.69) is 23.7 Å². The van der Waals surface area contributed by atoms with Gasteiger partial charge in [0, 0.05) is 43.4 Å². The first-order valence-corrected chi connectivity index (χ1v) is 7.49. The third-order valence-electron chi connectivity index (χ3n) is 4.04. The Labute approximate surface area is 125 Å². The molecule has 2 heterocycles. The zero-order chi connectivity index (χ0) is 14.7. The van der Waals surface area contributed by atoms with Crippen LogP contribution in [-0.4, -0.2) is 52.9 Å². The molecule has 0 unspecified atom stereocenters. The van der Waals surface area contributed by atoms with Crippen molar-refractivity contribution in [2.24, 2.45) is 0 Å². The van der Waals surface area contributed by atoms with Crippen molar-refractivity contribution in [1.82, 2.24) is 14.8 Å². The number of pyridine rings is 1. The van der Waals surface area contributed by atoms with Crippen molar-refractivity contribution in [1.29, 1.82) is 0 Å². The van der Waals surface area contributed by atoms with E-state index in [-0.39, 0.29) is 5.91 Å². The number of hydrogen-bond acceptors (Lipinski definition) is 3. The quantitative estimate of drug-likeness (QED) is 0.860. The van der Waals surface area contributed by atoms with Crippen LogP contribution in [0, 0.1) is 0 Å². The minimum absolute atomic E-state index is 0.0458. The number of rotatable bonds is 3. The maximum absolute atomic E-state index is 12.4. The van der Waals surface area contributed by atoms with Gasteiger partial charge in [0.2, 0.25) is 0 Å². The number of amides is 1. The second kappa shape index (κ2) is 6.55. The Morgan fingerprint density at radius 2 is 2.10 bits per heavy atom. The molecule has 1 aromatic heterocycles. The lowest BCUT2D eigenvalue weighted by Gasteiger charge is -2.38. The smallest absolute Gasteiger partial charge is 0.272 e. The van der Waals surface area contributed by atoms with Crippen LogP contribution in [0.4, 0.5) is 0 Å². The summed E-state index contributed by atoms with van der Waals surface area (Å²) >= 11 is 5.92. The van der Waals surface area contributed by atoms with Crippen molar-refractivity contribution in [2.75, 3.05) is 20.1 Å². The van der Waals surface area contributed by atoms with Crippen LogP contribution in [-0.2, 0) is 0 Å². The van der Waals surface area contributed by atoms with Crippen LogP contribution in [0.5, 0.6) is 0 Å². The van der Waals surface area contributed by atoms with Gasteiger partial charge in [-0.25, -0.2) is 0 Å². The number of nitrogens with zero attached hydrogens (tertiary/aromatic N) is 3. The number of piperidine rings is 1. The molecule has 20 heavy (non-hydrogen) atoms. The summed E-state index contributed by atoms with van der Waals surface area (Å²) in [6, 6.07) is 4.17. The Hall–Kier alpha value is -1.13. The fraction of sp³-hybridized carbons (Fsp3) is 0.600. The van der Waals surface area contributed by atoms with Gasteiger partial charge in [0.25, 0.3) is 5.91 Å². The topological polar surface area (TPSA) is 36.4 Å². The Morgan fingerprint density at radius 3 is 2.65 bits per heavy atom. The molecule has 1 aliphatic rings. The van der Waals surface area contributed by atoms with Gasteiger partial charge in [0.15, 0.2) is 0 Å². The van der Waals surface area contributed by atoms with Crippen LogP contribution < -0.4 is 0 Å². The number of halogens is 1. The van der Waals surface area contributed by atoms with Crippen LogP contribution in [0.2, 0.25) is 5.02 Å². The largest absolute Gasteiger partial charge is 0.337 e. The molecule has 1 aromatic rings. The lowest BCUT2D eigenvalue weighted by atomic mass is 10.0. The minimum atomic E-state index is -0.0458. The Kier molecular flexibility index (Phi) is 5.00. The van der Waals surface area contributed by atoms with Gasteiger partial charge < -0.3 is 9.80 Å². The van der Waals surface area contributed by atoms with Gasteiger partial charge in [0.05, 0.1) is 0 Å². The summed E-state index contributed by atoms with van der Waals surface area (Å²) in [6.45, 7) is 6.52. The van der Waals surface area contributed by atoms with Crippen LogP contribution in [0.1, 0.15) is 37.2 Å². The van der Waals surface area contributed by atoms with E-state index < -0.39 is 0 Å². The van der Waals surface area contributed by atoms with E-state index in [0.29, 0.717) is 22.8 Å². The van der Waals surface area contributed by atoms with E-state index in [4.69, 9.17) is 11.6 Å². The zero-order valence-electron chi connectivity index (χ0n) is 12.3.